The standard InChI is InChI=1S/C17H26N2O/c1-5-16(20)15-7-6-14(12-18-15)19-10-8-13(9-11-19)17(2,3)4/h6-8,12,16,20H,5,9-11H2,1-4H3/t16-/m1/s1. The summed E-state index contributed by atoms with van der Waals surface area (Å²) in [6, 6.07) is 4.00. The van der Waals surface area contributed by atoms with E-state index in [1.807, 2.05) is 19.2 Å². The number of hydrogen-bond donors (Lipinski definition) is 1. The number of pyridine rings is 1. The van der Waals surface area contributed by atoms with Crippen molar-refractivity contribution in [2.45, 2.75) is 46.6 Å². The van der Waals surface area contributed by atoms with Gasteiger partial charge in [0.05, 0.1) is 23.7 Å². The molecule has 0 saturated heterocycles. The van der Waals surface area contributed by atoms with Crippen LogP contribution < -0.4 is 4.90 Å². The quantitative estimate of drug-likeness (QED) is 0.854. The molecule has 1 atom stereocenters. The van der Waals surface area contributed by atoms with Gasteiger partial charge in [0.2, 0.25) is 0 Å². The lowest BCUT2D eigenvalue weighted by molar-refractivity contribution is 0.169. The largest absolute Gasteiger partial charge is 0.387 e. The number of aliphatic hydroxyl groups excluding tert-OH is 1. The van der Waals surface area contributed by atoms with Gasteiger partial charge in [-0.1, -0.05) is 39.3 Å². The van der Waals surface area contributed by atoms with Crippen LogP contribution in [0.1, 0.15) is 52.3 Å². The number of aliphatic hydroxyl groups is 1. The number of rotatable bonds is 3. The predicted molar refractivity (Wildman–Crippen MR) is 83.9 cm³/mol. The second kappa shape index (κ2) is 5.96. The summed E-state index contributed by atoms with van der Waals surface area (Å²) in [6.07, 6.45) is 5.59. The first-order valence-corrected chi connectivity index (χ1v) is 7.50. The number of nitrogens with zero attached hydrogens (tertiary/aromatic N) is 2. The second-order valence-electron chi connectivity index (χ2n) is 6.54. The summed E-state index contributed by atoms with van der Waals surface area (Å²) >= 11 is 0. The maximum Gasteiger partial charge on any atom is 0.0957 e. The van der Waals surface area contributed by atoms with Gasteiger partial charge in [-0.3, -0.25) is 4.98 Å². The molecule has 1 aromatic rings. The molecule has 2 heterocycles. The lowest BCUT2D eigenvalue weighted by atomic mass is 9.83. The summed E-state index contributed by atoms with van der Waals surface area (Å²) in [6.45, 7) is 10.8. The normalized spacial score (nSPS) is 17.9. The van der Waals surface area contributed by atoms with Gasteiger partial charge in [0.1, 0.15) is 0 Å². The van der Waals surface area contributed by atoms with Gasteiger partial charge in [0.15, 0.2) is 0 Å². The average molecular weight is 274 g/mol. The van der Waals surface area contributed by atoms with Crippen molar-refractivity contribution in [1.82, 2.24) is 4.98 Å². The molecule has 2 rings (SSSR count). The van der Waals surface area contributed by atoms with Crippen LogP contribution in [0.3, 0.4) is 0 Å². The Bertz CT molecular complexity index is 471. The zero-order chi connectivity index (χ0) is 14.8. The maximum atomic E-state index is 9.77. The van der Waals surface area contributed by atoms with Crippen LogP contribution in [0.15, 0.2) is 30.0 Å². The Morgan fingerprint density at radius 3 is 2.55 bits per heavy atom. The van der Waals surface area contributed by atoms with Crippen LogP contribution in [0.4, 0.5) is 5.69 Å². The molecule has 0 aliphatic carbocycles. The van der Waals surface area contributed by atoms with Gasteiger partial charge in [-0.25, -0.2) is 0 Å². The smallest absolute Gasteiger partial charge is 0.0957 e. The van der Waals surface area contributed by atoms with Crippen molar-refractivity contribution in [3.05, 3.63) is 35.7 Å². The molecule has 1 N–H and O–H groups in total. The van der Waals surface area contributed by atoms with Crippen LogP contribution in [-0.2, 0) is 0 Å². The van der Waals surface area contributed by atoms with E-state index in [1.165, 1.54) is 0 Å². The van der Waals surface area contributed by atoms with Crippen LogP contribution in [-0.4, -0.2) is 23.2 Å². The van der Waals surface area contributed by atoms with Crippen molar-refractivity contribution in [1.29, 1.82) is 0 Å². The Labute approximate surface area is 122 Å². The molecule has 0 aromatic carbocycles. The van der Waals surface area contributed by atoms with E-state index < -0.39 is 6.10 Å². The minimum absolute atomic E-state index is 0.277. The monoisotopic (exact) mass is 274 g/mol. The van der Waals surface area contributed by atoms with Crippen molar-refractivity contribution < 1.29 is 5.11 Å². The molecule has 3 nitrogen and oxygen atoms in total. The van der Waals surface area contributed by atoms with Gasteiger partial charge >= 0.3 is 0 Å². The number of anilines is 1. The SMILES string of the molecule is CC[C@@H](O)c1ccc(N2CC=C(C(C)(C)C)CC2)cn1. The fourth-order valence-electron chi connectivity index (χ4n) is 2.58. The molecule has 0 saturated carbocycles. The summed E-state index contributed by atoms with van der Waals surface area (Å²) in [5.74, 6) is 0. The van der Waals surface area contributed by atoms with Gasteiger partial charge in [-0.05, 0) is 30.4 Å². The number of aromatic nitrogens is 1. The van der Waals surface area contributed by atoms with Gasteiger partial charge in [0.25, 0.3) is 0 Å². The first-order chi connectivity index (χ1) is 9.41. The fourth-order valence-corrected chi connectivity index (χ4v) is 2.58. The van der Waals surface area contributed by atoms with Crippen molar-refractivity contribution in [2.75, 3.05) is 18.0 Å². The first kappa shape index (κ1) is 15.0. The molecule has 1 aliphatic heterocycles. The van der Waals surface area contributed by atoms with Crippen LogP contribution in [0.2, 0.25) is 0 Å². The van der Waals surface area contributed by atoms with Gasteiger partial charge in [-0.2, -0.15) is 0 Å². The maximum absolute atomic E-state index is 9.77. The summed E-state index contributed by atoms with van der Waals surface area (Å²) in [4.78, 5) is 6.72. The molecular weight excluding hydrogens is 248 g/mol. The molecule has 110 valence electrons. The molecule has 0 radical (unpaired) electrons. The third kappa shape index (κ3) is 3.40. The van der Waals surface area contributed by atoms with Crippen LogP contribution in [0, 0.1) is 5.41 Å². The minimum Gasteiger partial charge on any atom is -0.387 e. The molecule has 0 bridgehead atoms. The molecule has 20 heavy (non-hydrogen) atoms. The molecule has 0 spiro atoms. The molecule has 0 fully saturated rings. The highest BCUT2D eigenvalue weighted by Gasteiger charge is 2.21. The van der Waals surface area contributed by atoms with Gasteiger partial charge in [0, 0.05) is 13.1 Å². The van der Waals surface area contributed by atoms with Gasteiger partial charge in [-0.15, -0.1) is 0 Å². The zero-order valence-corrected chi connectivity index (χ0v) is 13.1. The Kier molecular flexibility index (Phi) is 4.48. The lowest BCUT2D eigenvalue weighted by Crippen LogP contribution is -2.31. The first-order valence-electron chi connectivity index (χ1n) is 7.50. The molecule has 0 amide bonds. The molecule has 3 heteroatoms. The van der Waals surface area contributed by atoms with Crippen molar-refractivity contribution in [2.24, 2.45) is 5.41 Å². The Hall–Kier alpha value is -1.35. The summed E-state index contributed by atoms with van der Waals surface area (Å²) < 4.78 is 0. The minimum atomic E-state index is -0.446. The van der Waals surface area contributed by atoms with Crippen molar-refractivity contribution in [3.63, 3.8) is 0 Å². The van der Waals surface area contributed by atoms with E-state index in [4.69, 9.17) is 0 Å². The van der Waals surface area contributed by atoms with Gasteiger partial charge < -0.3 is 10.0 Å². The summed E-state index contributed by atoms with van der Waals surface area (Å²) in [7, 11) is 0. The highest BCUT2D eigenvalue weighted by atomic mass is 16.3. The third-order valence-electron chi connectivity index (χ3n) is 4.04. The van der Waals surface area contributed by atoms with E-state index in [0.29, 0.717) is 6.42 Å². The number of hydrogen-bond acceptors (Lipinski definition) is 3. The van der Waals surface area contributed by atoms with Crippen molar-refractivity contribution >= 4 is 5.69 Å². The fraction of sp³-hybridized carbons (Fsp3) is 0.588. The Morgan fingerprint density at radius 1 is 1.35 bits per heavy atom. The average Bonchev–Trinajstić information content (AvgIpc) is 2.46. The van der Waals surface area contributed by atoms with E-state index in [-0.39, 0.29) is 5.41 Å². The lowest BCUT2D eigenvalue weighted by Gasteiger charge is -2.33. The second-order valence-corrected chi connectivity index (χ2v) is 6.54. The highest BCUT2D eigenvalue weighted by molar-refractivity contribution is 5.47. The predicted octanol–water partition coefficient (Wildman–Crippen LogP) is 3.71. The van der Waals surface area contributed by atoms with Crippen LogP contribution in [0.25, 0.3) is 0 Å². The van der Waals surface area contributed by atoms with E-state index in [2.05, 4.69) is 42.8 Å². The zero-order valence-electron chi connectivity index (χ0n) is 13.1. The molecule has 0 unspecified atom stereocenters. The van der Waals surface area contributed by atoms with E-state index in [1.54, 1.807) is 5.57 Å². The third-order valence-corrected chi connectivity index (χ3v) is 4.04. The van der Waals surface area contributed by atoms with Crippen molar-refractivity contribution in [3.8, 4) is 0 Å². The molecular formula is C17H26N2O. The molecule has 1 aromatic heterocycles. The van der Waals surface area contributed by atoms with E-state index in [9.17, 15) is 5.11 Å². The highest BCUT2D eigenvalue weighted by Crippen LogP contribution is 2.31. The topological polar surface area (TPSA) is 36.4 Å². The summed E-state index contributed by atoms with van der Waals surface area (Å²) in [5, 5.41) is 9.77. The molecule has 1 aliphatic rings. The Balaban J connectivity index is 2.06. The van der Waals surface area contributed by atoms with E-state index in [0.717, 1.165) is 30.9 Å². The Morgan fingerprint density at radius 2 is 2.10 bits per heavy atom. The summed E-state index contributed by atoms with van der Waals surface area (Å²) in [5.41, 5.74) is 3.72. The van der Waals surface area contributed by atoms with Crippen LogP contribution in [0.5, 0.6) is 0 Å². The van der Waals surface area contributed by atoms with Crippen LogP contribution >= 0.6 is 0 Å². The van der Waals surface area contributed by atoms with E-state index >= 15 is 0 Å².